The van der Waals surface area contributed by atoms with E-state index in [1.54, 1.807) is 22.8 Å². The molecule has 0 atom stereocenters. The predicted octanol–water partition coefficient (Wildman–Crippen LogP) is 2.55. The van der Waals surface area contributed by atoms with E-state index in [2.05, 4.69) is 15.3 Å². The van der Waals surface area contributed by atoms with Crippen LogP contribution in [0.2, 0.25) is 0 Å². The molecule has 0 amide bonds. The molecule has 0 fully saturated rings. The van der Waals surface area contributed by atoms with Gasteiger partial charge in [-0.3, -0.25) is 13.9 Å². The lowest BCUT2D eigenvalue weighted by atomic mass is 10.1. The summed E-state index contributed by atoms with van der Waals surface area (Å²) in [6.07, 6.45) is 0.271. The zero-order valence-corrected chi connectivity index (χ0v) is 14.3. The number of anilines is 1. The molecule has 0 radical (unpaired) electrons. The van der Waals surface area contributed by atoms with Crippen LogP contribution in [0.4, 0.5) is 10.7 Å². The Hall–Kier alpha value is -3.16. The number of aryl methyl sites for hydroxylation is 2. The normalized spacial score (nSPS) is 11.0. The van der Waals surface area contributed by atoms with Crippen LogP contribution < -0.4 is 10.9 Å². The maximum absolute atomic E-state index is 12.9. The molecule has 0 bridgehead atoms. The molecule has 8 heteroatoms. The van der Waals surface area contributed by atoms with Gasteiger partial charge in [-0.15, -0.1) is 0 Å². The number of carboxylic acid groups (broad SMARTS) is 1. The quantitative estimate of drug-likeness (QED) is 0.756. The Morgan fingerprint density at radius 3 is 2.72 bits per heavy atom. The van der Waals surface area contributed by atoms with Crippen LogP contribution in [0.15, 0.2) is 29.2 Å². The third-order valence-corrected chi connectivity index (χ3v) is 4.02. The van der Waals surface area contributed by atoms with Gasteiger partial charge in [0, 0.05) is 24.7 Å². The molecule has 130 valence electrons. The fourth-order valence-electron chi connectivity index (χ4n) is 2.87. The lowest BCUT2D eigenvalue weighted by Gasteiger charge is -2.13. The SMILES string of the molecule is CCNc1nc(C)c2cc(-c3cccn3C(=O)O)c(=O)n(CC)c2n1. The lowest BCUT2D eigenvalue weighted by molar-refractivity contribution is 0.197. The number of carbonyl (C=O) groups is 1. The minimum atomic E-state index is -1.14. The molecule has 0 spiro atoms. The molecule has 0 aliphatic rings. The predicted molar refractivity (Wildman–Crippen MR) is 95.2 cm³/mol. The summed E-state index contributed by atoms with van der Waals surface area (Å²) in [6.45, 7) is 6.73. The first-order chi connectivity index (χ1) is 12.0. The van der Waals surface area contributed by atoms with Gasteiger partial charge in [0.05, 0.1) is 17.0 Å². The molecule has 0 saturated carbocycles. The van der Waals surface area contributed by atoms with Crippen molar-refractivity contribution in [3.8, 4) is 11.3 Å². The average Bonchev–Trinajstić information content (AvgIpc) is 3.04. The van der Waals surface area contributed by atoms with Crippen LogP contribution in [0.1, 0.15) is 19.5 Å². The Balaban J connectivity index is 2.36. The zero-order valence-electron chi connectivity index (χ0n) is 14.3. The maximum Gasteiger partial charge on any atom is 0.416 e. The van der Waals surface area contributed by atoms with E-state index in [0.29, 0.717) is 35.9 Å². The zero-order chi connectivity index (χ0) is 18.1. The second-order valence-corrected chi connectivity index (χ2v) is 5.55. The van der Waals surface area contributed by atoms with Gasteiger partial charge < -0.3 is 10.4 Å². The number of nitrogens with zero attached hydrogens (tertiary/aromatic N) is 4. The van der Waals surface area contributed by atoms with Crippen molar-refractivity contribution in [3.63, 3.8) is 0 Å². The fraction of sp³-hybridized carbons (Fsp3) is 0.294. The summed E-state index contributed by atoms with van der Waals surface area (Å²) < 4.78 is 2.57. The molecule has 0 unspecified atom stereocenters. The summed E-state index contributed by atoms with van der Waals surface area (Å²) in [7, 11) is 0. The first-order valence-corrected chi connectivity index (χ1v) is 8.05. The van der Waals surface area contributed by atoms with Crippen LogP contribution in [0.3, 0.4) is 0 Å². The molecule has 3 heterocycles. The van der Waals surface area contributed by atoms with E-state index in [0.717, 1.165) is 15.6 Å². The standard InChI is InChI=1S/C17H19N5O3/c1-4-18-16-19-10(3)11-9-12(13-7-6-8-22(13)17(24)25)15(23)21(5-2)14(11)20-16/h6-9H,4-5H2,1-3H3,(H,24,25)(H,18,19,20). The van der Waals surface area contributed by atoms with Crippen molar-refractivity contribution >= 4 is 23.1 Å². The van der Waals surface area contributed by atoms with Gasteiger partial charge in [0.2, 0.25) is 5.95 Å². The van der Waals surface area contributed by atoms with Gasteiger partial charge in [0.15, 0.2) is 0 Å². The van der Waals surface area contributed by atoms with Crippen molar-refractivity contribution < 1.29 is 9.90 Å². The molecule has 0 saturated heterocycles. The first kappa shape index (κ1) is 16.7. The van der Waals surface area contributed by atoms with Gasteiger partial charge in [-0.25, -0.2) is 9.78 Å². The second kappa shape index (κ2) is 6.39. The fourth-order valence-corrected chi connectivity index (χ4v) is 2.87. The van der Waals surface area contributed by atoms with Gasteiger partial charge in [-0.1, -0.05) is 0 Å². The Labute approximate surface area is 143 Å². The van der Waals surface area contributed by atoms with Gasteiger partial charge in [-0.05, 0) is 39.0 Å². The van der Waals surface area contributed by atoms with Crippen molar-refractivity contribution in [2.45, 2.75) is 27.3 Å². The molecule has 3 aromatic heterocycles. The van der Waals surface area contributed by atoms with Crippen LogP contribution in [0.25, 0.3) is 22.3 Å². The Morgan fingerprint density at radius 1 is 1.32 bits per heavy atom. The van der Waals surface area contributed by atoms with Gasteiger partial charge in [0.1, 0.15) is 5.65 Å². The highest BCUT2D eigenvalue weighted by atomic mass is 16.4. The van der Waals surface area contributed by atoms with E-state index in [9.17, 15) is 14.7 Å². The van der Waals surface area contributed by atoms with Crippen LogP contribution in [0.5, 0.6) is 0 Å². The van der Waals surface area contributed by atoms with E-state index in [1.165, 1.54) is 6.20 Å². The molecule has 8 nitrogen and oxygen atoms in total. The number of nitrogens with one attached hydrogen (secondary N) is 1. The van der Waals surface area contributed by atoms with E-state index in [-0.39, 0.29) is 5.56 Å². The lowest BCUT2D eigenvalue weighted by Crippen LogP contribution is -2.24. The summed E-state index contributed by atoms with van der Waals surface area (Å²) >= 11 is 0. The molecule has 25 heavy (non-hydrogen) atoms. The molecule has 3 aromatic rings. The summed E-state index contributed by atoms with van der Waals surface area (Å²) in [5.41, 5.74) is 1.61. The van der Waals surface area contributed by atoms with Crippen molar-refractivity contribution in [2.24, 2.45) is 0 Å². The van der Waals surface area contributed by atoms with Gasteiger partial charge in [-0.2, -0.15) is 4.98 Å². The highest BCUT2D eigenvalue weighted by Crippen LogP contribution is 2.23. The van der Waals surface area contributed by atoms with Crippen LogP contribution >= 0.6 is 0 Å². The van der Waals surface area contributed by atoms with E-state index in [4.69, 9.17) is 0 Å². The highest BCUT2D eigenvalue weighted by molar-refractivity contribution is 5.85. The Kier molecular flexibility index (Phi) is 4.26. The molecule has 2 N–H and O–H groups in total. The molecular formula is C17H19N5O3. The van der Waals surface area contributed by atoms with Gasteiger partial charge >= 0.3 is 6.09 Å². The second-order valence-electron chi connectivity index (χ2n) is 5.55. The average molecular weight is 341 g/mol. The number of pyridine rings is 1. The first-order valence-electron chi connectivity index (χ1n) is 8.05. The van der Waals surface area contributed by atoms with Crippen molar-refractivity contribution in [1.29, 1.82) is 0 Å². The number of hydrogen-bond donors (Lipinski definition) is 2. The van der Waals surface area contributed by atoms with Crippen LogP contribution in [-0.4, -0.2) is 36.8 Å². The largest absolute Gasteiger partial charge is 0.464 e. The summed E-state index contributed by atoms with van der Waals surface area (Å²) in [5.74, 6) is 0.468. The summed E-state index contributed by atoms with van der Waals surface area (Å²) in [4.78, 5) is 33.2. The van der Waals surface area contributed by atoms with Crippen molar-refractivity contribution in [2.75, 3.05) is 11.9 Å². The smallest absolute Gasteiger partial charge is 0.416 e. The monoisotopic (exact) mass is 341 g/mol. The van der Waals surface area contributed by atoms with Gasteiger partial charge in [0.25, 0.3) is 5.56 Å². The number of fused-ring (bicyclic) bond motifs is 1. The molecule has 0 aliphatic carbocycles. The number of hydrogen-bond acceptors (Lipinski definition) is 5. The van der Waals surface area contributed by atoms with Crippen molar-refractivity contribution in [1.82, 2.24) is 19.1 Å². The summed E-state index contributed by atoms with van der Waals surface area (Å²) in [5, 5.41) is 13.1. The minimum absolute atomic E-state index is 0.281. The topological polar surface area (TPSA) is 102 Å². The molecular weight excluding hydrogens is 322 g/mol. The van der Waals surface area contributed by atoms with E-state index < -0.39 is 6.09 Å². The summed E-state index contributed by atoms with van der Waals surface area (Å²) in [6, 6.07) is 4.88. The minimum Gasteiger partial charge on any atom is -0.464 e. The molecule has 0 aromatic carbocycles. The van der Waals surface area contributed by atoms with E-state index >= 15 is 0 Å². The molecule has 3 rings (SSSR count). The maximum atomic E-state index is 12.9. The number of rotatable bonds is 4. The highest BCUT2D eigenvalue weighted by Gasteiger charge is 2.18. The van der Waals surface area contributed by atoms with Crippen molar-refractivity contribution in [3.05, 3.63) is 40.4 Å². The third kappa shape index (κ3) is 2.75. The number of aromatic nitrogens is 4. The Bertz CT molecular complexity index is 1020. The Morgan fingerprint density at radius 2 is 2.08 bits per heavy atom. The van der Waals surface area contributed by atoms with Crippen LogP contribution in [-0.2, 0) is 6.54 Å². The third-order valence-electron chi connectivity index (χ3n) is 4.02. The molecule has 0 aliphatic heterocycles. The van der Waals surface area contributed by atoms with E-state index in [1.807, 2.05) is 20.8 Å². The van der Waals surface area contributed by atoms with Crippen LogP contribution in [0, 0.1) is 6.92 Å².